The Morgan fingerprint density at radius 3 is 2.69 bits per heavy atom. The topological polar surface area (TPSA) is 59.1 Å². The molecular formula is C12H18N4. The molecule has 86 valence electrons. The first-order valence-electron chi connectivity index (χ1n) is 5.94. The van der Waals surface area contributed by atoms with Gasteiger partial charge < -0.3 is 10.7 Å². The minimum absolute atomic E-state index is 0.190. The number of fused-ring (bicyclic) bond motifs is 1. The van der Waals surface area contributed by atoms with Gasteiger partial charge in [0.25, 0.3) is 0 Å². The van der Waals surface area contributed by atoms with Gasteiger partial charge in [0.15, 0.2) is 0 Å². The molecule has 0 atom stereocenters. The van der Waals surface area contributed by atoms with Crippen LogP contribution in [0.3, 0.4) is 0 Å². The van der Waals surface area contributed by atoms with Crippen LogP contribution < -0.4 is 5.73 Å². The van der Waals surface area contributed by atoms with Crippen LogP contribution in [0.1, 0.15) is 42.8 Å². The molecule has 0 amide bonds. The van der Waals surface area contributed by atoms with Gasteiger partial charge in [-0.3, -0.25) is 4.40 Å². The first kappa shape index (κ1) is 9.90. The summed E-state index contributed by atoms with van der Waals surface area (Å²) in [7, 11) is 0. The SMILES string of the molecule is Cc1cn2c(C)c(C3(N)CCCC3)nc2[nH]1. The maximum atomic E-state index is 6.45. The molecule has 4 heteroatoms. The predicted octanol–water partition coefficient (Wildman–Crippen LogP) is 2.01. The number of rotatable bonds is 1. The molecule has 0 radical (unpaired) electrons. The standard InChI is InChI=1S/C12H18N4/c1-8-7-16-9(2)10(15-11(16)14-8)12(13)5-3-4-6-12/h7H,3-6,13H2,1-2H3,(H,14,15). The summed E-state index contributed by atoms with van der Waals surface area (Å²) in [5.41, 5.74) is 9.66. The first-order valence-corrected chi connectivity index (χ1v) is 5.94. The number of nitrogens with two attached hydrogens (primary N) is 1. The highest BCUT2D eigenvalue weighted by molar-refractivity contribution is 5.40. The van der Waals surface area contributed by atoms with Crippen LogP contribution in [0.5, 0.6) is 0 Å². The van der Waals surface area contributed by atoms with E-state index in [1.165, 1.54) is 18.5 Å². The quantitative estimate of drug-likeness (QED) is 0.769. The zero-order chi connectivity index (χ0) is 11.3. The number of nitrogens with zero attached hydrogens (tertiary/aromatic N) is 2. The lowest BCUT2D eigenvalue weighted by Crippen LogP contribution is -2.34. The van der Waals surface area contributed by atoms with Crippen molar-refractivity contribution in [1.82, 2.24) is 14.4 Å². The number of H-pyrrole nitrogens is 1. The van der Waals surface area contributed by atoms with Crippen LogP contribution >= 0.6 is 0 Å². The molecule has 2 aromatic rings. The largest absolute Gasteiger partial charge is 0.328 e. The van der Waals surface area contributed by atoms with E-state index >= 15 is 0 Å². The molecule has 0 spiro atoms. The smallest absolute Gasteiger partial charge is 0.211 e. The van der Waals surface area contributed by atoms with E-state index in [0.29, 0.717) is 0 Å². The number of aromatic nitrogens is 3. The maximum absolute atomic E-state index is 6.45. The zero-order valence-electron chi connectivity index (χ0n) is 9.88. The summed E-state index contributed by atoms with van der Waals surface area (Å²) in [6.07, 6.45) is 6.65. The van der Waals surface area contributed by atoms with E-state index in [4.69, 9.17) is 5.73 Å². The van der Waals surface area contributed by atoms with Crippen molar-refractivity contribution in [2.24, 2.45) is 5.73 Å². The van der Waals surface area contributed by atoms with E-state index in [1.54, 1.807) is 0 Å². The fourth-order valence-electron chi connectivity index (χ4n) is 2.88. The van der Waals surface area contributed by atoms with E-state index in [0.717, 1.165) is 30.0 Å². The molecule has 1 saturated carbocycles. The van der Waals surface area contributed by atoms with Crippen molar-refractivity contribution in [2.45, 2.75) is 45.1 Å². The lowest BCUT2D eigenvalue weighted by atomic mass is 9.93. The van der Waals surface area contributed by atoms with Gasteiger partial charge in [-0.1, -0.05) is 12.8 Å². The van der Waals surface area contributed by atoms with Gasteiger partial charge in [-0.05, 0) is 26.7 Å². The molecule has 0 aliphatic heterocycles. The van der Waals surface area contributed by atoms with Gasteiger partial charge in [-0.25, -0.2) is 4.98 Å². The average Bonchev–Trinajstić information content (AvgIpc) is 2.86. The van der Waals surface area contributed by atoms with E-state index in [2.05, 4.69) is 27.5 Å². The van der Waals surface area contributed by atoms with Gasteiger partial charge in [-0.2, -0.15) is 0 Å². The molecule has 1 fully saturated rings. The second-order valence-electron chi connectivity index (χ2n) is 5.04. The third-order valence-corrected chi connectivity index (χ3v) is 3.75. The summed E-state index contributed by atoms with van der Waals surface area (Å²) < 4.78 is 2.11. The lowest BCUT2D eigenvalue weighted by molar-refractivity contribution is 0.446. The van der Waals surface area contributed by atoms with E-state index in [1.807, 2.05) is 6.92 Å². The molecule has 3 N–H and O–H groups in total. The summed E-state index contributed by atoms with van der Waals surface area (Å²) >= 11 is 0. The molecule has 3 rings (SSSR count). The van der Waals surface area contributed by atoms with Crippen molar-refractivity contribution in [3.05, 3.63) is 23.3 Å². The van der Waals surface area contributed by atoms with Crippen molar-refractivity contribution >= 4 is 5.78 Å². The number of hydrogen-bond donors (Lipinski definition) is 2. The Bertz CT molecular complexity index is 528. The Labute approximate surface area is 94.9 Å². The third kappa shape index (κ3) is 1.23. The number of nitrogens with one attached hydrogen (secondary N) is 1. The third-order valence-electron chi connectivity index (χ3n) is 3.75. The normalized spacial score (nSPS) is 19.7. The first-order chi connectivity index (χ1) is 7.60. The van der Waals surface area contributed by atoms with Crippen molar-refractivity contribution in [3.63, 3.8) is 0 Å². The fourth-order valence-corrected chi connectivity index (χ4v) is 2.88. The molecular weight excluding hydrogens is 200 g/mol. The Morgan fingerprint density at radius 2 is 2.06 bits per heavy atom. The maximum Gasteiger partial charge on any atom is 0.211 e. The second-order valence-corrected chi connectivity index (χ2v) is 5.04. The van der Waals surface area contributed by atoms with Crippen LogP contribution in [0.4, 0.5) is 0 Å². The monoisotopic (exact) mass is 218 g/mol. The van der Waals surface area contributed by atoms with Gasteiger partial charge in [0.05, 0.1) is 11.2 Å². The van der Waals surface area contributed by atoms with Crippen LogP contribution in [0.2, 0.25) is 0 Å². The highest BCUT2D eigenvalue weighted by Gasteiger charge is 2.35. The lowest BCUT2D eigenvalue weighted by Gasteiger charge is -2.21. The number of aromatic amines is 1. The van der Waals surface area contributed by atoms with Crippen molar-refractivity contribution in [1.29, 1.82) is 0 Å². The molecule has 2 heterocycles. The fraction of sp³-hybridized carbons (Fsp3) is 0.583. The van der Waals surface area contributed by atoms with Crippen LogP contribution in [0.15, 0.2) is 6.20 Å². The molecule has 16 heavy (non-hydrogen) atoms. The van der Waals surface area contributed by atoms with Crippen LogP contribution in [-0.4, -0.2) is 14.4 Å². The minimum atomic E-state index is -0.190. The summed E-state index contributed by atoms with van der Waals surface area (Å²) in [6.45, 7) is 4.15. The number of hydrogen-bond acceptors (Lipinski definition) is 2. The van der Waals surface area contributed by atoms with Gasteiger partial charge in [0.1, 0.15) is 0 Å². The number of imidazole rings is 2. The van der Waals surface area contributed by atoms with E-state index in [9.17, 15) is 0 Å². The molecule has 0 bridgehead atoms. The Hall–Kier alpha value is -1.29. The van der Waals surface area contributed by atoms with Crippen LogP contribution in [0.25, 0.3) is 5.78 Å². The summed E-state index contributed by atoms with van der Waals surface area (Å²) in [5, 5.41) is 0. The Morgan fingerprint density at radius 1 is 1.38 bits per heavy atom. The van der Waals surface area contributed by atoms with Crippen LogP contribution in [0, 0.1) is 13.8 Å². The highest BCUT2D eigenvalue weighted by Crippen LogP contribution is 2.37. The molecule has 0 saturated heterocycles. The molecule has 1 aliphatic carbocycles. The van der Waals surface area contributed by atoms with Crippen LogP contribution in [-0.2, 0) is 5.54 Å². The Balaban J connectivity index is 2.17. The Kier molecular flexibility index (Phi) is 1.92. The average molecular weight is 218 g/mol. The van der Waals surface area contributed by atoms with Crippen molar-refractivity contribution < 1.29 is 0 Å². The van der Waals surface area contributed by atoms with Crippen molar-refractivity contribution in [3.8, 4) is 0 Å². The van der Waals surface area contributed by atoms with Gasteiger partial charge in [0.2, 0.25) is 5.78 Å². The summed E-state index contributed by atoms with van der Waals surface area (Å²) in [6, 6.07) is 0. The molecule has 0 aromatic carbocycles. The summed E-state index contributed by atoms with van der Waals surface area (Å²) in [5.74, 6) is 0.918. The van der Waals surface area contributed by atoms with E-state index < -0.39 is 0 Å². The molecule has 4 nitrogen and oxygen atoms in total. The van der Waals surface area contributed by atoms with E-state index in [-0.39, 0.29) is 5.54 Å². The predicted molar refractivity (Wildman–Crippen MR) is 63.4 cm³/mol. The number of aryl methyl sites for hydroxylation is 2. The zero-order valence-corrected chi connectivity index (χ0v) is 9.88. The molecule has 2 aromatic heterocycles. The summed E-state index contributed by atoms with van der Waals surface area (Å²) in [4.78, 5) is 7.93. The van der Waals surface area contributed by atoms with Gasteiger partial charge in [0, 0.05) is 17.6 Å². The van der Waals surface area contributed by atoms with Gasteiger partial charge in [-0.15, -0.1) is 0 Å². The second kappa shape index (κ2) is 3.10. The minimum Gasteiger partial charge on any atom is -0.328 e. The van der Waals surface area contributed by atoms with Gasteiger partial charge >= 0.3 is 0 Å². The molecule has 0 unspecified atom stereocenters. The highest BCUT2D eigenvalue weighted by atomic mass is 15.1. The van der Waals surface area contributed by atoms with Crippen molar-refractivity contribution in [2.75, 3.05) is 0 Å². The molecule has 1 aliphatic rings.